The van der Waals surface area contributed by atoms with Gasteiger partial charge in [0, 0.05) is 10.7 Å². The van der Waals surface area contributed by atoms with E-state index in [4.69, 9.17) is 4.74 Å². The van der Waals surface area contributed by atoms with Crippen molar-refractivity contribution in [2.24, 2.45) is 0 Å². The second-order valence-electron chi connectivity index (χ2n) is 3.44. The van der Waals surface area contributed by atoms with E-state index < -0.39 is 18.1 Å². The molecule has 0 aliphatic carbocycles. The fourth-order valence-electron chi connectivity index (χ4n) is 1.59. The summed E-state index contributed by atoms with van der Waals surface area (Å²) in [7, 11) is 0. The van der Waals surface area contributed by atoms with Crippen LogP contribution in [0.25, 0.3) is 5.65 Å². The van der Waals surface area contributed by atoms with Crippen LogP contribution < -0.4 is 0 Å². The summed E-state index contributed by atoms with van der Waals surface area (Å²) >= 11 is 3.21. The normalized spacial score (nSPS) is 11.2. The van der Waals surface area contributed by atoms with Crippen molar-refractivity contribution in [2.75, 3.05) is 6.61 Å². The predicted octanol–water partition coefficient (Wildman–Crippen LogP) is 3.21. The zero-order valence-electron chi connectivity index (χ0n) is 9.36. The first-order valence-electron chi connectivity index (χ1n) is 5.17. The van der Waals surface area contributed by atoms with Crippen LogP contribution in [0.1, 0.15) is 29.5 Å². The lowest BCUT2D eigenvalue weighted by molar-refractivity contribution is 0.0506. The maximum Gasteiger partial charge on any atom is 0.357 e. The van der Waals surface area contributed by atoms with Crippen molar-refractivity contribution in [3.05, 3.63) is 34.2 Å². The Hall–Kier alpha value is -1.50. The molecule has 0 atom stereocenters. The zero-order chi connectivity index (χ0) is 13.3. The Labute approximate surface area is 110 Å². The van der Waals surface area contributed by atoms with Crippen molar-refractivity contribution < 1.29 is 18.3 Å². The molecule has 0 saturated carbocycles. The molecule has 2 aromatic rings. The van der Waals surface area contributed by atoms with Crippen molar-refractivity contribution in [2.45, 2.75) is 13.3 Å². The van der Waals surface area contributed by atoms with E-state index in [0.717, 1.165) is 0 Å². The maximum absolute atomic E-state index is 12.9. The first-order chi connectivity index (χ1) is 8.54. The van der Waals surface area contributed by atoms with Gasteiger partial charge in [0.1, 0.15) is 11.3 Å². The van der Waals surface area contributed by atoms with E-state index in [1.165, 1.54) is 10.6 Å². The first-order valence-corrected chi connectivity index (χ1v) is 5.96. The Bertz CT molecular complexity index is 598. The Kier molecular flexibility index (Phi) is 3.60. The fourth-order valence-corrected chi connectivity index (χ4v) is 1.93. The highest BCUT2D eigenvalue weighted by Crippen LogP contribution is 2.25. The van der Waals surface area contributed by atoms with Crippen molar-refractivity contribution >= 4 is 27.5 Å². The molecule has 0 aromatic carbocycles. The molecule has 0 spiro atoms. The minimum absolute atomic E-state index is 0.114. The molecule has 0 fully saturated rings. The van der Waals surface area contributed by atoms with E-state index in [1.807, 2.05) is 0 Å². The molecule has 0 aliphatic rings. The van der Waals surface area contributed by atoms with E-state index >= 15 is 0 Å². The zero-order valence-corrected chi connectivity index (χ0v) is 10.9. The minimum atomic E-state index is -2.83. The third-order valence-electron chi connectivity index (χ3n) is 2.28. The topological polar surface area (TPSA) is 43.6 Å². The van der Waals surface area contributed by atoms with E-state index in [0.29, 0.717) is 4.47 Å². The van der Waals surface area contributed by atoms with Crippen LogP contribution in [-0.2, 0) is 4.74 Å². The summed E-state index contributed by atoms with van der Waals surface area (Å²) in [5.74, 6) is -0.807. The minimum Gasteiger partial charge on any atom is -0.461 e. The number of pyridine rings is 1. The van der Waals surface area contributed by atoms with Gasteiger partial charge in [-0.15, -0.1) is 0 Å². The number of imidazole rings is 1. The van der Waals surface area contributed by atoms with Crippen molar-refractivity contribution in [3.63, 3.8) is 0 Å². The highest BCUT2D eigenvalue weighted by molar-refractivity contribution is 9.10. The Balaban J connectivity index is 2.68. The standard InChI is InChI=1S/C11H9BrF2N2O2/c1-2-18-11(17)9-8(10(13)14)15-7-4-3-6(12)5-16(7)9/h3-5,10H,2H2,1H3. The molecule has 7 heteroatoms. The van der Waals surface area contributed by atoms with E-state index in [9.17, 15) is 13.6 Å². The van der Waals surface area contributed by atoms with Gasteiger partial charge in [-0.05, 0) is 35.0 Å². The summed E-state index contributed by atoms with van der Waals surface area (Å²) in [5, 5.41) is 0. The number of alkyl halides is 2. The molecule has 0 N–H and O–H groups in total. The number of carbonyl (C=O) groups is 1. The van der Waals surface area contributed by atoms with Gasteiger partial charge >= 0.3 is 5.97 Å². The highest BCUT2D eigenvalue weighted by atomic mass is 79.9. The Morgan fingerprint density at radius 3 is 2.89 bits per heavy atom. The fraction of sp³-hybridized carbons (Fsp3) is 0.273. The Morgan fingerprint density at radius 2 is 2.28 bits per heavy atom. The number of ether oxygens (including phenoxy) is 1. The van der Waals surface area contributed by atoms with Gasteiger partial charge in [-0.25, -0.2) is 18.6 Å². The summed E-state index contributed by atoms with van der Waals surface area (Å²) in [6.45, 7) is 1.72. The molecular formula is C11H9BrF2N2O2. The number of aromatic nitrogens is 2. The summed E-state index contributed by atoms with van der Waals surface area (Å²) < 4.78 is 32.5. The van der Waals surface area contributed by atoms with Gasteiger partial charge in [-0.3, -0.25) is 4.40 Å². The summed E-state index contributed by atoms with van der Waals surface area (Å²) in [5.41, 5.74) is -0.522. The van der Waals surface area contributed by atoms with Crippen LogP contribution in [0.5, 0.6) is 0 Å². The number of hydrogen-bond acceptors (Lipinski definition) is 3. The second kappa shape index (κ2) is 5.01. The molecule has 0 aliphatic heterocycles. The van der Waals surface area contributed by atoms with Crippen molar-refractivity contribution in [1.29, 1.82) is 0 Å². The van der Waals surface area contributed by atoms with Gasteiger partial charge in [0.2, 0.25) is 0 Å². The quantitative estimate of drug-likeness (QED) is 0.816. The average molecular weight is 319 g/mol. The highest BCUT2D eigenvalue weighted by Gasteiger charge is 2.26. The van der Waals surface area contributed by atoms with E-state index in [2.05, 4.69) is 20.9 Å². The monoisotopic (exact) mass is 318 g/mol. The smallest absolute Gasteiger partial charge is 0.357 e. The predicted molar refractivity (Wildman–Crippen MR) is 63.8 cm³/mol. The van der Waals surface area contributed by atoms with Crippen LogP contribution in [0.2, 0.25) is 0 Å². The van der Waals surface area contributed by atoms with Crippen LogP contribution >= 0.6 is 15.9 Å². The van der Waals surface area contributed by atoms with Crippen LogP contribution in [-0.4, -0.2) is 22.0 Å². The lowest BCUT2D eigenvalue weighted by Crippen LogP contribution is -2.11. The van der Waals surface area contributed by atoms with Crippen LogP contribution in [0.15, 0.2) is 22.8 Å². The Morgan fingerprint density at radius 1 is 1.56 bits per heavy atom. The van der Waals surface area contributed by atoms with E-state index in [1.54, 1.807) is 19.1 Å². The number of hydrogen-bond donors (Lipinski definition) is 0. The number of rotatable bonds is 3. The molecule has 0 unspecified atom stereocenters. The van der Waals surface area contributed by atoms with Crippen LogP contribution in [0, 0.1) is 0 Å². The lowest BCUT2D eigenvalue weighted by Gasteiger charge is -2.04. The molecule has 0 bridgehead atoms. The number of esters is 1. The van der Waals surface area contributed by atoms with Gasteiger partial charge < -0.3 is 4.74 Å². The second-order valence-corrected chi connectivity index (χ2v) is 4.36. The summed E-state index contributed by atoms with van der Waals surface area (Å²) in [4.78, 5) is 15.5. The van der Waals surface area contributed by atoms with Gasteiger partial charge in [-0.2, -0.15) is 0 Å². The molecule has 0 radical (unpaired) electrons. The van der Waals surface area contributed by atoms with Gasteiger partial charge in [0.15, 0.2) is 5.69 Å². The third kappa shape index (κ3) is 2.22. The van der Waals surface area contributed by atoms with Gasteiger partial charge in [-0.1, -0.05) is 0 Å². The molecule has 0 amide bonds. The summed E-state index contributed by atoms with van der Waals surface area (Å²) in [6, 6.07) is 3.20. The van der Waals surface area contributed by atoms with Gasteiger partial charge in [0.05, 0.1) is 6.61 Å². The average Bonchev–Trinajstić information content (AvgIpc) is 2.67. The number of carbonyl (C=O) groups excluding carboxylic acids is 1. The van der Waals surface area contributed by atoms with Crippen molar-refractivity contribution in [3.8, 4) is 0 Å². The molecule has 2 aromatic heterocycles. The van der Waals surface area contributed by atoms with Crippen molar-refractivity contribution in [1.82, 2.24) is 9.38 Å². The number of nitrogens with zero attached hydrogens (tertiary/aromatic N) is 2. The maximum atomic E-state index is 12.9. The molecule has 96 valence electrons. The summed E-state index contributed by atoms with van der Waals surface area (Å²) in [6.07, 6.45) is -1.33. The third-order valence-corrected chi connectivity index (χ3v) is 2.75. The van der Waals surface area contributed by atoms with E-state index in [-0.39, 0.29) is 17.9 Å². The first kappa shape index (κ1) is 12.9. The lowest BCUT2D eigenvalue weighted by atomic mass is 10.3. The SMILES string of the molecule is CCOC(=O)c1c(C(F)F)nc2ccc(Br)cn12. The molecule has 4 nitrogen and oxygen atoms in total. The largest absolute Gasteiger partial charge is 0.461 e. The molecular weight excluding hydrogens is 310 g/mol. The molecule has 0 saturated heterocycles. The van der Waals surface area contributed by atoms with Crippen LogP contribution in [0.3, 0.4) is 0 Å². The molecule has 18 heavy (non-hydrogen) atoms. The number of halogens is 3. The molecule has 2 heterocycles. The van der Waals surface area contributed by atoms with Crippen LogP contribution in [0.4, 0.5) is 8.78 Å². The molecule has 2 rings (SSSR count). The van der Waals surface area contributed by atoms with Gasteiger partial charge in [0.25, 0.3) is 6.43 Å². The number of fused-ring (bicyclic) bond motifs is 1.